The lowest BCUT2D eigenvalue weighted by molar-refractivity contribution is 0.103. The Morgan fingerprint density at radius 2 is 1.86 bits per heavy atom. The molecule has 0 fully saturated rings. The summed E-state index contributed by atoms with van der Waals surface area (Å²) in [6.45, 7) is 1.95. The van der Waals surface area contributed by atoms with E-state index in [9.17, 15) is 4.79 Å². The summed E-state index contributed by atoms with van der Waals surface area (Å²) in [6, 6.07) is 12.6. The molecule has 106 valence electrons. The second kappa shape index (κ2) is 5.55. The summed E-state index contributed by atoms with van der Waals surface area (Å²) in [6.07, 6.45) is 0.633. The minimum absolute atomic E-state index is 0.163. The molecule has 0 atom stereocenters. The van der Waals surface area contributed by atoms with Crippen LogP contribution in [0.5, 0.6) is 0 Å². The average Bonchev–Trinajstić information content (AvgIpc) is 2.88. The Kier molecular flexibility index (Phi) is 3.75. The van der Waals surface area contributed by atoms with E-state index >= 15 is 0 Å². The van der Waals surface area contributed by atoms with Crippen molar-refractivity contribution < 1.29 is 9.21 Å². The number of halogens is 2. The lowest BCUT2D eigenvalue weighted by Gasteiger charge is -2.05. The predicted molar refractivity (Wildman–Crippen MR) is 85.5 cm³/mol. The summed E-state index contributed by atoms with van der Waals surface area (Å²) in [7, 11) is 0. The zero-order valence-electron chi connectivity index (χ0n) is 11.3. The highest BCUT2D eigenvalue weighted by Gasteiger charge is 2.23. The number of rotatable bonds is 3. The summed E-state index contributed by atoms with van der Waals surface area (Å²) < 4.78 is 5.76. The van der Waals surface area contributed by atoms with Gasteiger partial charge in [0.1, 0.15) is 11.3 Å². The average molecular weight is 319 g/mol. The first-order chi connectivity index (χ1) is 10.1. The van der Waals surface area contributed by atoms with Gasteiger partial charge in [-0.1, -0.05) is 54.4 Å². The molecule has 0 saturated heterocycles. The lowest BCUT2D eigenvalue weighted by atomic mass is 9.99. The molecule has 0 aliphatic carbocycles. The molecule has 0 spiro atoms. The van der Waals surface area contributed by atoms with Crippen LogP contribution in [0.2, 0.25) is 10.0 Å². The molecule has 0 saturated carbocycles. The third-order valence-corrected chi connectivity index (χ3v) is 4.23. The van der Waals surface area contributed by atoms with Gasteiger partial charge in [-0.15, -0.1) is 0 Å². The monoisotopic (exact) mass is 318 g/mol. The van der Waals surface area contributed by atoms with Gasteiger partial charge >= 0.3 is 0 Å². The SMILES string of the molecule is CCc1oc2ccccc2c1C(=O)c1cccc(Cl)c1Cl. The van der Waals surface area contributed by atoms with Crippen LogP contribution in [0.3, 0.4) is 0 Å². The van der Waals surface area contributed by atoms with Gasteiger partial charge in [0.2, 0.25) is 0 Å². The molecule has 21 heavy (non-hydrogen) atoms. The molecular formula is C17H12Cl2O2. The van der Waals surface area contributed by atoms with Crippen LogP contribution in [0, 0.1) is 0 Å². The van der Waals surface area contributed by atoms with Crippen molar-refractivity contribution in [3.63, 3.8) is 0 Å². The molecule has 2 aromatic carbocycles. The molecule has 2 nitrogen and oxygen atoms in total. The molecule has 0 aliphatic rings. The Labute approximate surface area is 132 Å². The van der Waals surface area contributed by atoms with Crippen LogP contribution < -0.4 is 0 Å². The second-order valence-electron chi connectivity index (χ2n) is 4.68. The molecular weight excluding hydrogens is 307 g/mol. The van der Waals surface area contributed by atoms with Crippen molar-refractivity contribution in [2.75, 3.05) is 0 Å². The quantitative estimate of drug-likeness (QED) is 0.594. The van der Waals surface area contributed by atoms with Gasteiger partial charge in [0, 0.05) is 17.4 Å². The van der Waals surface area contributed by atoms with Crippen LogP contribution in [0.4, 0.5) is 0 Å². The van der Waals surface area contributed by atoms with E-state index in [0.29, 0.717) is 33.9 Å². The van der Waals surface area contributed by atoms with E-state index in [1.54, 1.807) is 18.2 Å². The highest BCUT2D eigenvalue weighted by Crippen LogP contribution is 2.32. The molecule has 0 radical (unpaired) electrons. The Morgan fingerprint density at radius 3 is 2.62 bits per heavy atom. The van der Waals surface area contributed by atoms with E-state index in [0.717, 1.165) is 5.39 Å². The van der Waals surface area contributed by atoms with Crippen LogP contribution in [0.25, 0.3) is 11.0 Å². The smallest absolute Gasteiger partial charge is 0.198 e. The first-order valence-corrected chi connectivity index (χ1v) is 7.38. The zero-order chi connectivity index (χ0) is 15.0. The van der Waals surface area contributed by atoms with Crippen molar-refractivity contribution in [2.45, 2.75) is 13.3 Å². The van der Waals surface area contributed by atoms with E-state index in [1.165, 1.54) is 0 Å². The summed E-state index contributed by atoms with van der Waals surface area (Å²) in [4.78, 5) is 12.9. The van der Waals surface area contributed by atoms with Crippen molar-refractivity contribution in [2.24, 2.45) is 0 Å². The number of ketones is 1. The Morgan fingerprint density at radius 1 is 1.10 bits per heavy atom. The first kappa shape index (κ1) is 14.2. The highest BCUT2D eigenvalue weighted by atomic mass is 35.5. The molecule has 0 aliphatic heterocycles. The molecule has 0 unspecified atom stereocenters. The van der Waals surface area contributed by atoms with Crippen molar-refractivity contribution >= 4 is 40.0 Å². The van der Waals surface area contributed by atoms with Gasteiger partial charge in [-0.05, 0) is 18.2 Å². The van der Waals surface area contributed by atoms with Gasteiger partial charge < -0.3 is 4.42 Å². The predicted octanol–water partition coefficient (Wildman–Crippen LogP) is 5.53. The maximum Gasteiger partial charge on any atom is 0.198 e. The number of benzene rings is 2. The Hall–Kier alpha value is -1.77. The molecule has 1 heterocycles. The number of hydrogen-bond donors (Lipinski definition) is 0. The zero-order valence-corrected chi connectivity index (χ0v) is 12.8. The normalized spacial score (nSPS) is 11.0. The van der Waals surface area contributed by atoms with E-state index in [1.807, 2.05) is 31.2 Å². The van der Waals surface area contributed by atoms with Gasteiger partial charge in [0.25, 0.3) is 0 Å². The number of fused-ring (bicyclic) bond motifs is 1. The topological polar surface area (TPSA) is 30.2 Å². The van der Waals surface area contributed by atoms with Crippen LogP contribution in [0.15, 0.2) is 46.9 Å². The number of hydrogen-bond acceptors (Lipinski definition) is 2. The molecule has 1 aromatic heterocycles. The largest absolute Gasteiger partial charge is 0.460 e. The number of carbonyl (C=O) groups excluding carboxylic acids is 1. The minimum atomic E-state index is -0.163. The molecule has 0 N–H and O–H groups in total. The third kappa shape index (κ3) is 2.35. The van der Waals surface area contributed by atoms with Gasteiger partial charge in [-0.2, -0.15) is 0 Å². The standard InChI is InChI=1S/C17H12Cl2O2/c1-2-13-15(10-6-3-4-9-14(10)21-13)17(20)11-7-5-8-12(18)16(11)19/h3-9H,2H2,1H3. The van der Waals surface area contributed by atoms with Gasteiger partial charge in [0.15, 0.2) is 5.78 Å². The van der Waals surface area contributed by atoms with E-state index < -0.39 is 0 Å². The summed E-state index contributed by atoms with van der Waals surface area (Å²) in [5.74, 6) is 0.501. The number of aryl methyl sites for hydroxylation is 1. The maximum absolute atomic E-state index is 12.9. The number of carbonyl (C=O) groups is 1. The Balaban J connectivity index is 2.24. The first-order valence-electron chi connectivity index (χ1n) is 6.62. The van der Waals surface area contributed by atoms with Crippen molar-refractivity contribution in [1.29, 1.82) is 0 Å². The van der Waals surface area contributed by atoms with E-state index in [2.05, 4.69) is 0 Å². The van der Waals surface area contributed by atoms with E-state index in [-0.39, 0.29) is 10.8 Å². The van der Waals surface area contributed by atoms with Gasteiger partial charge in [-0.25, -0.2) is 0 Å². The van der Waals surface area contributed by atoms with Crippen molar-refractivity contribution in [3.8, 4) is 0 Å². The number of furan rings is 1. The van der Waals surface area contributed by atoms with Crippen LogP contribution >= 0.6 is 23.2 Å². The fourth-order valence-electron chi connectivity index (χ4n) is 2.41. The molecule has 3 rings (SSSR count). The van der Waals surface area contributed by atoms with Crippen LogP contribution in [0.1, 0.15) is 28.6 Å². The number of para-hydroxylation sites is 1. The molecule has 0 bridgehead atoms. The summed E-state index contributed by atoms with van der Waals surface area (Å²) in [5, 5.41) is 1.44. The molecule has 4 heteroatoms. The van der Waals surface area contributed by atoms with E-state index in [4.69, 9.17) is 27.6 Å². The minimum Gasteiger partial charge on any atom is -0.460 e. The fraction of sp³-hybridized carbons (Fsp3) is 0.118. The summed E-state index contributed by atoms with van der Waals surface area (Å²) >= 11 is 12.2. The van der Waals surface area contributed by atoms with Crippen molar-refractivity contribution in [3.05, 3.63) is 69.4 Å². The Bertz CT molecular complexity index is 834. The highest BCUT2D eigenvalue weighted by molar-refractivity contribution is 6.44. The van der Waals surface area contributed by atoms with Gasteiger partial charge in [-0.3, -0.25) is 4.79 Å². The second-order valence-corrected chi connectivity index (χ2v) is 5.47. The molecule has 0 amide bonds. The van der Waals surface area contributed by atoms with Gasteiger partial charge in [0.05, 0.1) is 15.6 Å². The third-order valence-electron chi connectivity index (χ3n) is 3.41. The summed E-state index contributed by atoms with van der Waals surface area (Å²) in [5.41, 5.74) is 1.67. The fourth-order valence-corrected chi connectivity index (χ4v) is 2.79. The van der Waals surface area contributed by atoms with Crippen molar-refractivity contribution in [1.82, 2.24) is 0 Å². The van der Waals surface area contributed by atoms with Crippen LogP contribution in [-0.2, 0) is 6.42 Å². The maximum atomic E-state index is 12.9. The lowest BCUT2D eigenvalue weighted by Crippen LogP contribution is -2.04. The molecule has 3 aromatic rings. The van der Waals surface area contributed by atoms with Crippen LogP contribution in [-0.4, -0.2) is 5.78 Å².